The summed E-state index contributed by atoms with van der Waals surface area (Å²) in [5.41, 5.74) is 0. The maximum absolute atomic E-state index is 12.7. The molecule has 1 aliphatic rings. The molecule has 14 heteroatoms. The molecular weight excluding hydrogens is 695 g/mol. The third-order valence-corrected chi connectivity index (χ3v) is 10.2. The van der Waals surface area contributed by atoms with Gasteiger partial charge in [-0.3, -0.25) is 23.4 Å². The van der Waals surface area contributed by atoms with Crippen LogP contribution in [-0.2, 0) is 37.5 Å². The minimum atomic E-state index is -4.67. The first-order chi connectivity index (χ1) is 24.8. The fourth-order valence-corrected chi connectivity index (χ4v) is 6.92. The first-order valence-corrected chi connectivity index (χ1v) is 21.1. The molecule has 304 valence electrons. The van der Waals surface area contributed by atoms with E-state index in [-0.39, 0.29) is 43.5 Å². The molecule has 0 bridgehead atoms. The van der Waals surface area contributed by atoms with E-state index in [0.29, 0.717) is 38.0 Å². The molecule has 1 fully saturated rings. The standard InChI is InChI=1S/C38H69O13P/c1-4-5-12-18-30(40)22-23-34-33(35(42)24-36(34)43)19-14-10-11-16-21-38(45)51-32(28-50-52(46,47)49-26-31(41)25-39)27-48-37(44)20-15-9-7-6-8-13-17-29(2)3/h22-23,29-34,36,39-41,43H,4-21,24-28H2,1-3H3,(H,46,47)/b23-22+/t30-,31-,32+,33+,34+,36+/m0/s1. The smallest absolute Gasteiger partial charge is 0.462 e. The predicted molar refractivity (Wildman–Crippen MR) is 197 cm³/mol. The summed E-state index contributed by atoms with van der Waals surface area (Å²) in [6.45, 7) is 4.19. The van der Waals surface area contributed by atoms with E-state index in [2.05, 4.69) is 25.3 Å². The Morgan fingerprint density at radius 2 is 1.44 bits per heavy atom. The van der Waals surface area contributed by atoms with E-state index in [1.807, 2.05) is 0 Å². The number of ether oxygens (including phenoxy) is 2. The van der Waals surface area contributed by atoms with Crippen molar-refractivity contribution in [3.63, 3.8) is 0 Å². The zero-order chi connectivity index (χ0) is 38.8. The summed E-state index contributed by atoms with van der Waals surface area (Å²) in [6, 6.07) is 0. The van der Waals surface area contributed by atoms with E-state index >= 15 is 0 Å². The van der Waals surface area contributed by atoms with Gasteiger partial charge < -0.3 is 34.8 Å². The van der Waals surface area contributed by atoms with E-state index in [0.717, 1.165) is 51.4 Å². The van der Waals surface area contributed by atoms with Gasteiger partial charge in [0.2, 0.25) is 0 Å². The summed E-state index contributed by atoms with van der Waals surface area (Å²) in [7, 11) is -4.67. The van der Waals surface area contributed by atoms with E-state index in [9.17, 15) is 39.2 Å². The number of ketones is 1. The van der Waals surface area contributed by atoms with Gasteiger partial charge in [0.05, 0.1) is 32.0 Å². The monoisotopic (exact) mass is 764 g/mol. The second-order valence-electron chi connectivity index (χ2n) is 14.6. The number of phosphoric ester groups is 1. The summed E-state index contributed by atoms with van der Waals surface area (Å²) in [6.07, 6.45) is 14.1. The van der Waals surface area contributed by atoms with Crippen LogP contribution in [0.3, 0.4) is 0 Å². The number of carbonyl (C=O) groups excluding carboxylic acids is 3. The Labute approximate surface area is 311 Å². The molecule has 0 spiro atoms. The summed E-state index contributed by atoms with van der Waals surface area (Å²) in [5, 5.41) is 39.0. The van der Waals surface area contributed by atoms with Crippen LogP contribution in [0.2, 0.25) is 0 Å². The highest BCUT2D eigenvalue weighted by atomic mass is 31.2. The summed E-state index contributed by atoms with van der Waals surface area (Å²) >= 11 is 0. The summed E-state index contributed by atoms with van der Waals surface area (Å²) in [4.78, 5) is 47.5. The first kappa shape index (κ1) is 48.3. The van der Waals surface area contributed by atoms with Crippen molar-refractivity contribution in [3.05, 3.63) is 12.2 Å². The van der Waals surface area contributed by atoms with Crippen LogP contribution in [0.1, 0.15) is 143 Å². The quantitative estimate of drug-likeness (QED) is 0.0227. The molecule has 0 aromatic carbocycles. The first-order valence-electron chi connectivity index (χ1n) is 19.6. The van der Waals surface area contributed by atoms with Gasteiger partial charge in [0, 0.05) is 31.1 Å². The molecule has 1 unspecified atom stereocenters. The number of hydrogen-bond donors (Lipinski definition) is 5. The van der Waals surface area contributed by atoms with Gasteiger partial charge in [-0.25, -0.2) is 4.57 Å². The molecule has 1 rings (SSSR count). The normalized spacial score (nSPS) is 20.6. The molecule has 0 heterocycles. The molecular formula is C38H69O13P. The third kappa shape index (κ3) is 23.9. The Hall–Kier alpha value is -1.70. The van der Waals surface area contributed by atoms with E-state index < -0.39 is 64.0 Å². The molecule has 7 atom stereocenters. The Bertz CT molecular complexity index is 1050. The van der Waals surface area contributed by atoms with E-state index in [1.165, 1.54) is 19.3 Å². The summed E-state index contributed by atoms with van der Waals surface area (Å²) < 4.78 is 32.5. The molecule has 1 aliphatic carbocycles. The molecule has 0 saturated heterocycles. The molecule has 0 aromatic heterocycles. The number of aliphatic hydroxyl groups is 4. The summed E-state index contributed by atoms with van der Waals surface area (Å²) in [5.74, 6) is -0.991. The van der Waals surface area contributed by atoms with Gasteiger partial charge in [-0.2, -0.15) is 0 Å². The Morgan fingerprint density at radius 3 is 2.10 bits per heavy atom. The molecule has 0 aromatic rings. The van der Waals surface area contributed by atoms with Crippen molar-refractivity contribution in [2.24, 2.45) is 17.8 Å². The van der Waals surface area contributed by atoms with Crippen LogP contribution < -0.4 is 0 Å². The van der Waals surface area contributed by atoms with Crippen molar-refractivity contribution in [1.82, 2.24) is 0 Å². The average molecular weight is 765 g/mol. The predicted octanol–water partition coefficient (Wildman–Crippen LogP) is 6.11. The molecule has 52 heavy (non-hydrogen) atoms. The highest BCUT2D eigenvalue weighted by Gasteiger charge is 2.39. The van der Waals surface area contributed by atoms with E-state index in [4.69, 9.17) is 19.1 Å². The van der Waals surface area contributed by atoms with Crippen LogP contribution in [-0.4, -0.2) is 93.9 Å². The Kier molecular flexibility index (Phi) is 26.7. The number of carbonyl (C=O) groups is 3. The van der Waals surface area contributed by atoms with Gasteiger partial charge in [-0.1, -0.05) is 110 Å². The van der Waals surface area contributed by atoms with Crippen molar-refractivity contribution in [2.75, 3.05) is 26.4 Å². The second kappa shape index (κ2) is 28.7. The Balaban J connectivity index is 2.51. The molecule has 5 N–H and O–H groups in total. The number of esters is 2. The van der Waals surface area contributed by atoms with Gasteiger partial charge in [-0.05, 0) is 31.6 Å². The van der Waals surface area contributed by atoms with Gasteiger partial charge in [0.25, 0.3) is 0 Å². The van der Waals surface area contributed by atoms with Crippen LogP contribution in [0, 0.1) is 17.8 Å². The number of rotatable bonds is 32. The molecule has 0 aliphatic heterocycles. The maximum Gasteiger partial charge on any atom is 0.472 e. The third-order valence-electron chi connectivity index (χ3n) is 9.24. The van der Waals surface area contributed by atoms with Crippen LogP contribution >= 0.6 is 7.82 Å². The minimum absolute atomic E-state index is 0.0232. The molecule has 0 amide bonds. The van der Waals surface area contributed by atoms with Gasteiger partial charge in [0.15, 0.2) is 6.10 Å². The van der Waals surface area contributed by atoms with Crippen molar-refractivity contribution in [3.8, 4) is 0 Å². The van der Waals surface area contributed by atoms with Crippen molar-refractivity contribution in [1.29, 1.82) is 0 Å². The highest BCUT2D eigenvalue weighted by Crippen LogP contribution is 2.43. The molecule has 13 nitrogen and oxygen atoms in total. The number of unbranched alkanes of at least 4 members (excludes halogenated alkanes) is 10. The van der Waals surface area contributed by atoms with E-state index in [1.54, 1.807) is 12.2 Å². The van der Waals surface area contributed by atoms with Crippen molar-refractivity contribution < 1.29 is 62.8 Å². The second-order valence-corrected chi connectivity index (χ2v) is 16.0. The topological polar surface area (TPSA) is 206 Å². The lowest BCUT2D eigenvalue weighted by Crippen LogP contribution is -2.29. The average Bonchev–Trinajstić information content (AvgIpc) is 3.37. The van der Waals surface area contributed by atoms with Crippen molar-refractivity contribution in [2.45, 2.75) is 167 Å². The minimum Gasteiger partial charge on any atom is -0.462 e. The molecule has 1 saturated carbocycles. The lowest BCUT2D eigenvalue weighted by Gasteiger charge is -2.20. The fraction of sp³-hybridized carbons (Fsp3) is 0.868. The van der Waals surface area contributed by atoms with Crippen LogP contribution in [0.5, 0.6) is 0 Å². The zero-order valence-electron chi connectivity index (χ0n) is 31.9. The number of hydrogen-bond acceptors (Lipinski definition) is 12. The van der Waals surface area contributed by atoms with Crippen molar-refractivity contribution >= 4 is 25.5 Å². The number of Topliss-reactive ketones (excluding diaryl/α,β-unsaturated/α-hetero) is 1. The molecule has 0 radical (unpaired) electrons. The zero-order valence-corrected chi connectivity index (χ0v) is 32.8. The highest BCUT2D eigenvalue weighted by molar-refractivity contribution is 7.47. The van der Waals surface area contributed by atoms with Gasteiger partial charge in [0.1, 0.15) is 18.5 Å². The van der Waals surface area contributed by atoms with Crippen LogP contribution in [0.15, 0.2) is 12.2 Å². The maximum atomic E-state index is 12.7. The fourth-order valence-electron chi connectivity index (χ4n) is 6.13. The number of aliphatic hydroxyl groups excluding tert-OH is 4. The van der Waals surface area contributed by atoms with Crippen LogP contribution in [0.25, 0.3) is 0 Å². The Morgan fingerprint density at radius 1 is 0.846 bits per heavy atom. The van der Waals surface area contributed by atoms with Crippen LogP contribution in [0.4, 0.5) is 0 Å². The lowest BCUT2D eigenvalue weighted by atomic mass is 9.88. The SMILES string of the molecule is CCCCC[C@H](O)/C=C/[C@H]1[C@H](O)CC(=O)[C@@H]1CCCCCCC(=O)O[C@H](COC(=O)CCCCCCCCC(C)C)COP(=O)(O)OC[C@@H](O)CO. The van der Waals surface area contributed by atoms with Gasteiger partial charge in [-0.15, -0.1) is 0 Å². The lowest BCUT2D eigenvalue weighted by molar-refractivity contribution is -0.161. The van der Waals surface area contributed by atoms with Gasteiger partial charge >= 0.3 is 19.8 Å². The number of phosphoric acid groups is 1. The largest absolute Gasteiger partial charge is 0.472 e.